The molecule has 0 radical (unpaired) electrons. The summed E-state index contributed by atoms with van der Waals surface area (Å²) in [5.41, 5.74) is 2.17. The van der Waals surface area contributed by atoms with Crippen molar-refractivity contribution in [3.05, 3.63) is 95.3 Å². The minimum absolute atomic E-state index is 0.0912. The first kappa shape index (κ1) is 20.4. The number of pyridine rings is 1. The Hall–Kier alpha value is -3.35. The van der Waals surface area contributed by atoms with Crippen LogP contribution in [-0.4, -0.2) is 15.9 Å². The number of rotatable bonds is 5. The third kappa shape index (κ3) is 5.81. The normalized spacial score (nSPS) is 11.2. The van der Waals surface area contributed by atoms with Gasteiger partial charge in [-0.25, -0.2) is 4.79 Å². The quantitative estimate of drug-likeness (QED) is 0.603. The van der Waals surface area contributed by atoms with Gasteiger partial charge in [-0.05, 0) is 48.4 Å². The van der Waals surface area contributed by atoms with Crippen LogP contribution in [0.15, 0.2) is 73.1 Å². The molecule has 0 atom stereocenters. The van der Waals surface area contributed by atoms with Gasteiger partial charge >= 0.3 is 12.2 Å². The van der Waals surface area contributed by atoms with Crippen molar-refractivity contribution >= 4 is 11.7 Å². The largest absolute Gasteiger partial charge is 0.416 e. The smallest absolute Gasteiger partial charge is 0.316 e. The van der Waals surface area contributed by atoms with Crippen molar-refractivity contribution in [1.82, 2.24) is 9.88 Å². The number of nitrogens with one attached hydrogen (secondary N) is 1. The predicted molar refractivity (Wildman–Crippen MR) is 105 cm³/mol. The number of hydrogen-bond donors (Lipinski definition) is 1. The number of carbonyl (C=O) groups excluding carboxylic acids is 1. The zero-order chi connectivity index (χ0) is 20.9. The summed E-state index contributed by atoms with van der Waals surface area (Å²) in [6, 6.07) is 15.4. The number of halogens is 3. The number of anilines is 1. The Bertz CT molecular complexity index is 957. The molecule has 1 heterocycles. The average molecular weight is 399 g/mol. The molecule has 150 valence electrons. The lowest BCUT2D eigenvalue weighted by atomic mass is 10.1. The van der Waals surface area contributed by atoms with Crippen molar-refractivity contribution < 1.29 is 18.0 Å². The zero-order valence-corrected chi connectivity index (χ0v) is 15.8. The third-order valence-electron chi connectivity index (χ3n) is 4.35. The minimum atomic E-state index is -4.47. The second-order valence-electron chi connectivity index (χ2n) is 6.71. The molecule has 1 N–H and O–H groups in total. The molecule has 0 aliphatic rings. The number of carbonyl (C=O) groups is 1. The van der Waals surface area contributed by atoms with Crippen LogP contribution in [0.2, 0.25) is 0 Å². The fourth-order valence-electron chi connectivity index (χ4n) is 2.80. The molecule has 7 heteroatoms. The van der Waals surface area contributed by atoms with E-state index in [1.54, 1.807) is 29.4 Å². The van der Waals surface area contributed by atoms with Crippen LogP contribution >= 0.6 is 0 Å². The van der Waals surface area contributed by atoms with Gasteiger partial charge in [-0.1, -0.05) is 35.9 Å². The molecule has 4 nitrogen and oxygen atoms in total. The molecule has 0 fully saturated rings. The van der Waals surface area contributed by atoms with Crippen molar-refractivity contribution in [2.45, 2.75) is 26.2 Å². The Morgan fingerprint density at radius 1 is 0.966 bits per heavy atom. The van der Waals surface area contributed by atoms with Crippen LogP contribution in [0.25, 0.3) is 0 Å². The number of amides is 2. The van der Waals surface area contributed by atoms with E-state index >= 15 is 0 Å². The van der Waals surface area contributed by atoms with Gasteiger partial charge in [0.25, 0.3) is 0 Å². The monoisotopic (exact) mass is 399 g/mol. The van der Waals surface area contributed by atoms with Crippen molar-refractivity contribution in [2.75, 3.05) is 5.32 Å². The summed E-state index contributed by atoms with van der Waals surface area (Å²) in [5.74, 6) is 0. The van der Waals surface area contributed by atoms with Crippen LogP contribution in [0.3, 0.4) is 0 Å². The number of nitrogens with zero attached hydrogens (tertiary/aromatic N) is 2. The van der Waals surface area contributed by atoms with Crippen molar-refractivity contribution in [3.63, 3.8) is 0 Å². The van der Waals surface area contributed by atoms with Crippen molar-refractivity contribution in [1.29, 1.82) is 0 Å². The maximum Gasteiger partial charge on any atom is 0.416 e. The van der Waals surface area contributed by atoms with Gasteiger partial charge in [0.05, 0.1) is 5.56 Å². The number of urea groups is 1. The van der Waals surface area contributed by atoms with Gasteiger partial charge < -0.3 is 10.2 Å². The molecule has 0 saturated carbocycles. The molecule has 2 aromatic carbocycles. The highest BCUT2D eigenvalue weighted by molar-refractivity contribution is 5.89. The molecule has 0 bridgehead atoms. The average Bonchev–Trinajstić information content (AvgIpc) is 2.69. The van der Waals surface area contributed by atoms with E-state index in [-0.39, 0.29) is 5.69 Å². The molecule has 0 unspecified atom stereocenters. The number of aromatic nitrogens is 1. The maximum absolute atomic E-state index is 12.9. The van der Waals surface area contributed by atoms with E-state index in [1.807, 2.05) is 31.2 Å². The zero-order valence-electron chi connectivity index (χ0n) is 15.8. The highest BCUT2D eigenvalue weighted by Gasteiger charge is 2.30. The molecule has 1 aromatic heterocycles. The lowest BCUT2D eigenvalue weighted by Crippen LogP contribution is -2.34. The van der Waals surface area contributed by atoms with Gasteiger partial charge in [0.15, 0.2) is 0 Å². The summed E-state index contributed by atoms with van der Waals surface area (Å²) in [6.45, 7) is 2.58. The lowest BCUT2D eigenvalue weighted by molar-refractivity contribution is -0.137. The summed E-state index contributed by atoms with van der Waals surface area (Å²) >= 11 is 0. The molecule has 0 aliphatic heterocycles. The Labute approximate surface area is 167 Å². The predicted octanol–water partition coefficient (Wildman–Crippen LogP) is 5.64. The minimum Gasteiger partial charge on any atom is -0.316 e. The summed E-state index contributed by atoms with van der Waals surface area (Å²) in [4.78, 5) is 18.4. The summed E-state index contributed by atoms with van der Waals surface area (Å²) in [5, 5.41) is 2.58. The van der Waals surface area contributed by atoms with Gasteiger partial charge in [-0.2, -0.15) is 13.2 Å². The van der Waals surface area contributed by atoms with E-state index < -0.39 is 17.8 Å². The first-order valence-electron chi connectivity index (χ1n) is 8.99. The first-order chi connectivity index (χ1) is 13.8. The number of alkyl halides is 3. The Morgan fingerprint density at radius 3 is 2.21 bits per heavy atom. The Kier molecular flexibility index (Phi) is 6.16. The molecular weight excluding hydrogens is 379 g/mol. The van der Waals surface area contributed by atoms with Crippen LogP contribution in [0.5, 0.6) is 0 Å². The number of benzene rings is 2. The van der Waals surface area contributed by atoms with E-state index in [9.17, 15) is 18.0 Å². The van der Waals surface area contributed by atoms with Crippen LogP contribution in [0.1, 0.15) is 22.3 Å². The highest BCUT2D eigenvalue weighted by atomic mass is 19.4. The van der Waals surface area contributed by atoms with E-state index in [1.165, 1.54) is 12.1 Å². The standard InChI is InChI=1S/C22H20F3N3O/c1-16-5-7-17(8-6-16)14-28(15-18-9-11-26-12-10-18)21(29)27-20-4-2-3-19(13-20)22(23,24)25/h2-13H,14-15H2,1H3,(H,27,29). The molecule has 0 saturated heterocycles. The number of aryl methyl sites for hydroxylation is 1. The summed E-state index contributed by atoms with van der Waals surface area (Å²) in [6.07, 6.45) is -1.21. The molecule has 2 amide bonds. The molecular formula is C22H20F3N3O. The second-order valence-corrected chi connectivity index (χ2v) is 6.71. The third-order valence-corrected chi connectivity index (χ3v) is 4.35. The van der Waals surface area contributed by atoms with Crippen LogP contribution in [0, 0.1) is 6.92 Å². The van der Waals surface area contributed by atoms with Gasteiger partial charge in [0.2, 0.25) is 0 Å². The first-order valence-corrected chi connectivity index (χ1v) is 8.99. The van der Waals surface area contributed by atoms with Gasteiger partial charge in [0, 0.05) is 31.2 Å². The fraction of sp³-hybridized carbons (Fsp3) is 0.182. The SMILES string of the molecule is Cc1ccc(CN(Cc2ccncc2)C(=O)Nc2cccc(C(F)(F)F)c2)cc1. The van der Waals surface area contributed by atoms with Crippen molar-refractivity contribution in [2.24, 2.45) is 0 Å². The second kappa shape index (κ2) is 8.77. The maximum atomic E-state index is 12.9. The van der Waals surface area contributed by atoms with Crippen LogP contribution in [0.4, 0.5) is 23.7 Å². The van der Waals surface area contributed by atoms with E-state index in [4.69, 9.17) is 0 Å². The molecule has 29 heavy (non-hydrogen) atoms. The molecule has 0 aliphatic carbocycles. The summed E-state index contributed by atoms with van der Waals surface area (Å²) < 4.78 is 38.8. The van der Waals surface area contributed by atoms with Crippen LogP contribution in [-0.2, 0) is 19.3 Å². The molecule has 3 aromatic rings. The van der Waals surface area contributed by atoms with Gasteiger partial charge in [-0.3, -0.25) is 4.98 Å². The fourth-order valence-corrected chi connectivity index (χ4v) is 2.80. The molecule has 0 spiro atoms. The lowest BCUT2D eigenvalue weighted by Gasteiger charge is -2.24. The van der Waals surface area contributed by atoms with Crippen molar-refractivity contribution in [3.8, 4) is 0 Å². The summed E-state index contributed by atoms with van der Waals surface area (Å²) in [7, 11) is 0. The number of hydrogen-bond acceptors (Lipinski definition) is 2. The Morgan fingerprint density at radius 2 is 1.59 bits per heavy atom. The van der Waals surface area contributed by atoms with Gasteiger partial charge in [0.1, 0.15) is 0 Å². The van der Waals surface area contributed by atoms with Gasteiger partial charge in [-0.15, -0.1) is 0 Å². The van der Waals surface area contributed by atoms with E-state index in [0.717, 1.165) is 28.8 Å². The highest BCUT2D eigenvalue weighted by Crippen LogP contribution is 2.30. The van der Waals surface area contributed by atoms with E-state index in [0.29, 0.717) is 13.1 Å². The van der Waals surface area contributed by atoms with Crippen LogP contribution < -0.4 is 5.32 Å². The molecule has 3 rings (SSSR count). The van der Waals surface area contributed by atoms with E-state index in [2.05, 4.69) is 10.3 Å². The Balaban J connectivity index is 1.80. The topological polar surface area (TPSA) is 45.2 Å².